The Hall–Kier alpha value is -4.07. The molecule has 2 aliphatic heterocycles. The van der Waals surface area contributed by atoms with Crippen LogP contribution in [0.1, 0.15) is 23.7 Å². The Balaban J connectivity index is 1.63. The summed E-state index contributed by atoms with van der Waals surface area (Å²) in [6.45, 7) is 0. The lowest BCUT2D eigenvalue weighted by atomic mass is 9.95. The molecule has 3 aromatic rings. The van der Waals surface area contributed by atoms with E-state index in [9.17, 15) is 20.0 Å². The van der Waals surface area contributed by atoms with Gasteiger partial charge in [-0.1, -0.05) is 36.4 Å². The third kappa shape index (κ3) is 3.13. The fraction of sp³-hybridized carbons (Fsp3) is 0.174. The van der Waals surface area contributed by atoms with Crippen LogP contribution in [0.25, 0.3) is 0 Å². The first-order valence-corrected chi connectivity index (χ1v) is 10.0. The molecule has 2 atom stereocenters. The minimum Gasteiger partial charge on any atom is -0.502 e. The van der Waals surface area contributed by atoms with E-state index in [0.29, 0.717) is 12.0 Å². The third-order valence-corrected chi connectivity index (χ3v) is 5.84. The second-order valence-corrected chi connectivity index (χ2v) is 7.66. The lowest BCUT2D eigenvalue weighted by molar-refractivity contribution is -0.385. The Labute approximate surface area is 178 Å². The van der Waals surface area contributed by atoms with Gasteiger partial charge in [0.2, 0.25) is 0 Å². The van der Waals surface area contributed by atoms with Crippen molar-refractivity contribution in [1.82, 2.24) is 5.01 Å². The van der Waals surface area contributed by atoms with Crippen LogP contribution in [-0.4, -0.2) is 27.0 Å². The molecule has 2 N–H and O–H groups in total. The van der Waals surface area contributed by atoms with Crippen molar-refractivity contribution in [3.8, 4) is 5.75 Å². The predicted octanol–water partition coefficient (Wildman–Crippen LogP) is 3.99. The normalized spacial score (nSPS) is 19.7. The van der Waals surface area contributed by atoms with Crippen LogP contribution in [0.3, 0.4) is 0 Å². The Morgan fingerprint density at radius 3 is 2.52 bits per heavy atom. The van der Waals surface area contributed by atoms with Crippen molar-refractivity contribution >= 4 is 23.0 Å². The number of nitro groups is 1. The maximum Gasteiger partial charge on any atom is 0.310 e. The Morgan fingerprint density at radius 2 is 1.77 bits per heavy atom. The van der Waals surface area contributed by atoms with E-state index >= 15 is 0 Å². The number of anilines is 2. The van der Waals surface area contributed by atoms with Gasteiger partial charge in [0.05, 0.1) is 10.6 Å². The van der Waals surface area contributed by atoms with E-state index in [1.807, 2.05) is 59.5 Å². The van der Waals surface area contributed by atoms with E-state index in [1.54, 1.807) is 11.1 Å². The lowest BCUT2D eigenvalue weighted by Crippen LogP contribution is -2.38. The Bertz CT molecular complexity index is 1170. The summed E-state index contributed by atoms with van der Waals surface area (Å²) in [5.41, 5.74) is 6.27. The number of nitrogens with zero attached hydrogens (tertiary/aromatic N) is 3. The number of hydrazine groups is 1. The molecule has 0 bridgehead atoms. The van der Waals surface area contributed by atoms with Crippen LogP contribution in [0.2, 0.25) is 0 Å². The fourth-order valence-electron chi connectivity index (χ4n) is 4.46. The second-order valence-electron chi connectivity index (χ2n) is 7.66. The molecule has 0 aliphatic carbocycles. The van der Waals surface area contributed by atoms with E-state index < -0.39 is 16.8 Å². The summed E-state index contributed by atoms with van der Waals surface area (Å²) in [4.78, 5) is 26.0. The average molecular weight is 416 g/mol. The topological polar surface area (TPSA) is 99.0 Å². The number of amides is 1. The molecule has 1 unspecified atom stereocenters. The van der Waals surface area contributed by atoms with Crippen molar-refractivity contribution in [2.45, 2.75) is 25.0 Å². The molecule has 2 heterocycles. The fourth-order valence-corrected chi connectivity index (χ4v) is 4.46. The quantitative estimate of drug-likeness (QED) is 0.493. The summed E-state index contributed by atoms with van der Waals surface area (Å²) in [5, 5.41) is 23.0. The molecular weight excluding hydrogens is 396 g/mol. The number of nitro benzene ring substituents is 1. The van der Waals surface area contributed by atoms with Crippen molar-refractivity contribution < 1.29 is 14.8 Å². The number of aryl methyl sites for hydroxylation is 1. The number of hydrogen-bond acceptors (Lipinski definition) is 6. The number of phenols is 1. The van der Waals surface area contributed by atoms with E-state index in [-0.39, 0.29) is 17.6 Å². The van der Waals surface area contributed by atoms with E-state index in [4.69, 9.17) is 0 Å². The molecule has 8 nitrogen and oxygen atoms in total. The number of benzene rings is 3. The largest absolute Gasteiger partial charge is 0.502 e. The highest BCUT2D eigenvalue weighted by atomic mass is 16.6. The SMILES string of the molecule is O=C1[C@@H]2CCc3ccccc3N2C(c2ccc([N+](=O)[O-])c(O)c2)N1Nc1ccccc1. The first kappa shape index (κ1) is 18.9. The molecule has 1 saturated heterocycles. The summed E-state index contributed by atoms with van der Waals surface area (Å²) in [5.74, 6) is -0.510. The van der Waals surface area contributed by atoms with Crippen LogP contribution in [0, 0.1) is 10.1 Å². The van der Waals surface area contributed by atoms with Crippen LogP contribution >= 0.6 is 0 Å². The molecule has 5 rings (SSSR count). The average Bonchev–Trinajstić information content (AvgIpc) is 3.06. The van der Waals surface area contributed by atoms with Gasteiger partial charge < -0.3 is 10.0 Å². The molecule has 0 saturated carbocycles. The number of carbonyl (C=O) groups is 1. The number of rotatable bonds is 4. The zero-order valence-corrected chi connectivity index (χ0v) is 16.5. The first-order valence-electron chi connectivity index (χ1n) is 10.0. The summed E-state index contributed by atoms with van der Waals surface area (Å²) in [7, 11) is 0. The number of carbonyl (C=O) groups excluding carboxylic acids is 1. The van der Waals surface area contributed by atoms with Crippen molar-refractivity contribution in [2.24, 2.45) is 0 Å². The summed E-state index contributed by atoms with van der Waals surface area (Å²) in [6.07, 6.45) is 0.879. The molecule has 0 aromatic heterocycles. The standard InChI is InChI=1S/C23H20N4O4/c28-21-14-16(11-12-19(21)27(30)31)22-25-18-9-5-4-6-15(18)10-13-20(25)23(29)26(22)24-17-7-2-1-3-8-17/h1-9,11-12,14,20,22,24,28H,10,13H2/t20-,22?/m0/s1. The molecule has 0 spiro atoms. The van der Waals surface area contributed by atoms with Crippen LogP contribution < -0.4 is 10.3 Å². The molecule has 0 radical (unpaired) electrons. The summed E-state index contributed by atoms with van der Waals surface area (Å²) in [6, 6.07) is 21.2. The van der Waals surface area contributed by atoms with Gasteiger partial charge in [0.25, 0.3) is 5.91 Å². The molecular formula is C23H20N4O4. The molecule has 1 fully saturated rings. The Morgan fingerprint density at radius 1 is 1.03 bits per heavy atom. The van der Waals surface area contributed by atoms with Crippen LogP contribution in [0.15, 0.2) is 72.8 Å². The third-order valence-electron chi connectivity index (χ3n) is 5.84. The monoisotopic (exact) mass is 416 g/mol. The van der Waals surface area contributed by atoms with E-state index in [2.05, 4.69) is 5.43 Å². The highest BCUT2D eigenvalue weighted by Crippen LogP contribution is 2.45. The van der Waals surface area contributed by atoms with Crippen molar-refractivity contribution in [3.05, 3.63) is 94.0 Å². The minimum atomic E-state index is -0.627. The smallest absolute Gasteiger partial charge is 0.310 e. The van der Waals surface area contributed by atoms with Crippen LogP contribution in [0.4, 0.5) is 17.1 Å². The highest BCUT2D eigenvalue weighted by Gasteiger charge is 2.49. The highest BCUT2D eigenvalue weighted by molar-refractivity contribution is 5.92. The number of para-hydroxylation sites is 2. The second kappa shape index (κ2) is 7.32. The van der Waals surface area contributed by atoms with Gasteiger partial charge >= 0.3 is 5.69 Å². The molecule has 3 aromatic carbocycles. The molecule has 8 heteroatoms. The van der Waals surface area contributed by atoms with Gasteiger partial charge in [-0.2, -0.15) is 0 Å². The molecule has 156 valence electrons. The summed E-state index contributed by atoms with van der Waals surface area (Å²) >= 11 is 0. The van der Waals surface area contributed by atoms with E-state index in [1.165, 1.54) is 12.1 Å². The van der Waals surface area contributed by atoms with Gasteiger partial charge in [-0.15, -0.1) is 0 Å². The van der Waals surface area contributed by atoms with Crippen LogP contribution in [0.5, 0.6) is 5.75 Å². The zero-order chi connectivity index (χ0) is 21.5. The number of phenolic OH excluding ortho intramolecular Hbond substituents is 1. The maximum atomic E-state index is 13.4. The van der Waals surface area contributed by atoms with Gasteiger partial charge in [-0.3, -0.25) is 20.3 Å². The first-order chi connectivity index (χ1) is 15.0. The minimum absolute atomic E-state index is 0.0822. The molecule has 2 aliphatic rings. The van der Waals surface area contributed by atoms with Crippen molar-refractivity contribution in [3.63, 3.8) is 0 Å². The molecule has 31 heavy (non-hydrogen) atoms. The van der Waals surface area contributed by atoms with Gasteiger partial charge in [0.15, 0.2) is 11.9 Å². The number of nitrogens with one attached hydrogen (secondary N) is 1. The predicted molar refractivity (Wildman–Crippen MR) is 115 cm³/mol. The number of hydrogen-bond donors (Lipinski definition) is 2. The van der Waals surface area contributed by atoms with E-state index in [0.717, 1.165) is 23.4 Å². The van der Waals surface area contributed by atoms with Gasteiger partial charge in [0, 0.05) is 17.3 Å². The number of aromatic hydroxyl groups is 1. The molecule has 1 amide bonds. The summed E-state index contributed by atoms with van der Waals surface area (Å²) < 4.78 is 0. The van der Waals surface area contributed by atoms with Gasteiger partial charge in [-0.25, -0.2) is 5.01 Å². The number of fused-ring (bicyclic) bond motifs is 3. The van der Waals surface area contributed by atoms with Gasteiger partial charge in [-0.05, 0) is 48.7 Å². The van der Waals surface area contributed by atoms with Gasteiger partial charge in [0.1, 0.15) is 6.04 Å². The lowest BCUT2D eigenvalue weighted by Gasteiger charge is -2.37. The van der Waals surface area contributed by atoms with Crippen molar-refractivity contribution in [2.75, 3.05) is 10.3 Å². The Kier molecular flexibility index (Phi) is 4.47. The maximum absolute atomic E-state index is 13.4. The van der Waals surface area contributed by atoms with Crippen LogP contribution in [-0.2, 0) is 11.2 Å². The van der Waals surface area contributed by atoms with Crippen molar-refractivity contribution in [1.29, 1.82) is 0 Å². The zero-order valence-electron chi connectivity index (χ0n) is 16.5.